The van der Waals surface area contributed by atoms with Crippen LogP contribution in [0.5, 0.6) is 0 Å². The van der Waals surface area contributed by atoms with Gasteiger partial charge >= 0.3 is 0 Å². The third-order valence-corrected chi connectivity index (χ3v) is 6.28. The molecule has 10 heteroatoms. The van der Waals surface area contributed by atoms with Gasteiger partial charge in [0.1, 0.15) is 22.2 Å². The Morgan fingerprint density at radius 1 is 1.11 bits per heavy atom. The molecule has 0 N–H and O–H groups in total. The van der Waals surface area contributed by atoms with Crippen molar-refractivity contribution in [3.8, 4) is 16.4 Å². The van der Waals surface area contributed by atoms with Gasteiger partial charge in [-0.2, -0.15) is 5.10 Å². The van der Waals surface area contributed by atoms with Gasteiger partial charge < -0.3 is 0 Å². The van der Waals surface area contributed by atoms with Crippen molar-refractivity contribution in [1.29, 1.82) is 0 Å². The molecular weight excluding hydrogens is 411 g/mol. The number of alkyl halides is 2. The number of hydrogen-bond donors (Lipinski definition) is 0. The smallest absolute Gasteiger partial charge is 0.234 e. The van der Waals surface area contributed by atoms with Gasteiger partial charge in [-0.15, -0.1) is 11.3 Å². The molecule has 0 aliphatic rings. The Morgan fingerprint density at radius 2 is 1.82 bits per heavy atom. The minimum absolute atomic E-state index is 0.0982. The number of halogens is 3. The highest BCUT2D eigenvalue weighted by Crippen LogP contribution is 2.34. The lowest BCUT2D eigenvalue weighted by atomic mass is 10.3. The van der Waals surface area contributed by atoms with Gasteiger partial charge in [-0.05, 0) is 42.5 Å². The van der Waals surface area contributed by atoms with Gasteiger partial charge in [0.2, 0.25) is 0 Å². The van der Waals surface area contributed by atoms with E-state index < -0.39 is 27.8 Å². The summed E-state index contributed by atoms with van der Waals surface area (Å²) in [7, 11) is -3.40. The minimum Gasteiger partial charge on any atom is -0.234 e. The molecule has 2 aromatic heterocycles. The van der Waals surface area contributed by atoms with E-state index in [1.54, 1.807) is 6.07 Å². The van der Waals surface area contributed by atoms with Crippen LogP contribution in [0.3, 0.4) is 0 Å². The molecule has 0 aliphatic heterocycles. The predicted molar refractivity (Wildman–Crippen MR) is 100 cm³/mol. The lowest BCUT2D eigenvalue weighted by molar-refractivity contribution is 0.145. The minimum atomic E-state index is -3.40. The summed E-state index contributed by atoms with van der Waals surface area (Å²) in [5.74, 6) is -0.445. The Morgan fingerprint density at radius 3 is 2.43 bits per heavy atom. The van der Waals surface area contributed by atoms with Crippen LogP contribution in [-0.4, -0.2) is 29.4 Å². The first-order chi connectivity index (χ1) is 13.2. The standard InChI is InChI=1S/C18H12F3N3O2S2/c1-28(25,26)11-7-5-10(6-8-11)24-15(9-14(23-24)17(20)21)18-22-13-4-2-3-12(19)16(13)27-18/h2-9,17H,1H3. The third-order valence-electron chi connectivity index (χ3n) is 4.05. The van der Waals surface area contributed by atoms with Crippen LogP contribution in [0.4, 0.5) is 13.2 Å². The fourth-order valence-corrected chi connectivity index (χ4v) is 4.32. The van der Waals surface area contributed by atoms with E-state index in [1.165, 1.54) is 47.1 Å². The van der Waals surface area contributed by atoms with Crippen LogP contribution in [0.2, 0.25) is 0 Å². The fraction of sp³-hybridized carbons (Fsp3) is 0.111. The van der Waals surface area contributed by atoms with Gasteiger partial charge in [0, 0.05) is 6.26 Å². The highest BCUT2D eigenvalue weighted by atomic mass is 32.2. The molecule has 0 amide bonds. The summed E-state index contributed by atoms with van der Waals surface area (Å²) >= 11 is 1.03. The van der Waals surface area contributed by atoms with E-state index in [-0.39, 0.29) is 10.6 Å². The lowest BCUT2D eigenvalue weighted by Crippen LogP contribution is -2.02. The molecular formula is C18H12F3N3O2S2. The maximum absolute atomic E-state index is 14.0. The summed E-state index contributed by atoms with van der Waals surface area (Å²) in [5, 5.41) is 4.26. The molecule has 28 heavy (non-hydrogen) atoms. The van der Waals surface area contributed by atoms with Crippen LogP contribution < -0.4 is 0 Å². The number of benzene rings is 2. The number of rotatable bonds is 4. The zero-order valence-electron chi connectivity index (χ0n) is 14.3. The number of aromatic nitrogens is 3. The molecule has 0 bridgehead atoms. The van der Waals surface area contributed by atoms with E-state index in [0.29, 0.717) is 20.9 Å². The second kappa shape index (κ2) is 6.71. The van der Waals surface area contributed by atoms with Gasteiger partial charge in [0.15, 0.2) is 9.84 Å². The molecule has 0 atom stereocenters. The molecule has 0 saturated carbocycles. The Hall–Kier alpha value is -2.72. The number of thiazole rings is 1. The number of hydrogen-bond acceptors (Lipinski definition) is 5. The normalized spacial score (nSPS) is 12.2. The van der Waals surface area contributed by atoms with Crippen molar-refractivity contribution < 1.29 is 21.6 Å². The van der Waals surface area contributed by atoms with E-state index in [9.17, 15) is 21.6 Å². The Bertz CT molecular complexity index is 1280. The first-order valence-electron chi connectivity index (χ1n) is 7.98. The second-order valence-electron chi connectivity index (χ2n) is 6.04. The largest absolute Gasteiger partial charge is 0.282 e. The summed E-state index contributed by atoms with van der Waals surface area (Å²) in [4.78, 5) is 4.43. The van der Waals surface area contributed by atoms with Crippen molar-refractivity contribution >= 4 is 31.4 Å². The van der Waals surface area contributed by atoms with Crippen molar-refractivity contribution in [2.24, 2.45) is 0 Å². The zero-order valence-corrected chi connectivity index (χ0v) is 15.9. The molecule has 0 saturated heterocycles. The quantitative estimate of drug-likeness (QED) is 0.480. The molecule has 0 radical (unpaired) electrons. The van der Waals surface area contributed by atoms with Crippen LogP contribution >= 0.6 is 11.3 Å². The average Bonchev–Trinajstić information content (AvgIpc) is 3.26. The molecule has 2 heterocycles. The second-order valence-corrected chi connectivity index (χ2v) is 9.05. The third kappa shape index (κ3) is 3.29. The topological polar surface area (TPSA) is 64.8 Å². The molecule has 4 rings (SSSR count). The van der Waals surface area contributed by atoms with Gasteiger partial charge in [0.05, 0.1) is 20.8 Å². The Kier molecular flexibility index (Phi) is 4.47. The van der Waals surface area contributed by atoms with E-state index in [4.69, 9.17) is 0 Å². The average molecular weight is 423 g/mol. The van der Waals surface area contributed by atoms with E-state index in [1.807, 2.05) is 0 Å². The highest BCUT2D eigenvalue weighted by molar-refractivity contribution is 7.90. The molecule has 0 unspecified atom stereocenters. The predicted octanol–water partition coefficient (Wildman–Crippen LogP) is 4.63. The van der Waals surface area contributed by atoms with Crippen molar-refractivity contribution in [2.75, 3.05) is 6.26 Å². The number of fused-ring (bicyclic) bond motifs is 1. The van der Waals surface area contributed by atoms with Crippen LogP contribution in [0.1, 0.15) is 12.1 Å². The van der Waals surface area contributed by atoms with E-state index in [0.717, 1.165) is 17.6 Å². The van der Waals surface area contributed by atoms with Gasteiger partial charge in [-0.3, -0.25) is 0 Å². The fourth-order valence-electron chi connectivity index (χ4n) is 2.71. The van der Waals surface area contributed by atoms with Gasteiger partial charge in [-0.1, -0.05) is 6.07 Å². The highest BCUT2D eigenvalue weighted by Gasteiger charge is 2.21. The number of sulfone groups is 1. The van der Waals surface area contributed by atoms with Crippen LogP contribution in [0, 0.1) is 5.82 Å². The van der Waals surface area contributed by atoms with Crippen LogP contribution in [-0.2, 0) is 9.84 Å². The maximum Gasteiger partial charge on any atom is 0.282 e. The summed E-state index contributed by atoms with van der Waals surface area (Å²) < 4.78 is 65.3. The SMILES string of the molecule is CS(=O)(=O)c1ccc(-n2nc(C(F)F)cc2-c2nc3cccc(F)c3s2)cc1. The first kappa shape index (κ1) is 18.6. The molecule has 4 aromatic rings. The molecule has 5 nitrogen and oxygen atoms in total. The summed E-state index contributed by atoms with van der Waals surface area (Å²) in [6.45, 7) is 0. The Balaban J connectivity index is 1.89. The summed E-state index contributed by atoms with van der Waals surface area (Å²) in [6.07, 6.45) is -1.73. The number of nitrogens with zero attached hydrogens (tertiary/aromatic N) is 3. The maximum atomic E-state index is 14.0. The summed E-state index contributed by atoms with van der Waals surface area (Å²) in [5.41, 5.74) is 0.609. The van der Waals surface area contributed by atoms with Gasteiger partial charge in [0.25, 0.3) is 6.43 Å². The van der Waals surface area contributed by atoms with Crippen LogP contribution in [0.15, 0.2) is 53.4 Å². The Labute approximate surface area is 162 Å². The van der Waals surface area contributed by atoms with E-state index in [2.05, 4.69) is 10.1 Å². The molecule has 144 valence electrons. The van der Waals surface area contributed by atoms with Crippen molar-refractivity contribution in [3.63, 3.8) is 0 Å². The molecule has 0 spiro atoms. The first-order valence-corrected chi connectivity index (χ1v) is 10.7. The van der Waals surface area contributed by atoms with Crippen LogP contribution in [0.25, 0.3) is 26.6 Å². The lowest BCUT2D eigenvalue weighted by Gasteiger charge is -2.06. The van der Waals surface area contributed by atoms with Crippen molar-refractivity contribution in [2.45, 2.75) is 11.3 Å². The summed E-state index contributed by atoms with van der Waals surface area (Å²) in [6, 6.07) is 11.3. The van der Waals surface area contributed by atoms with Gasteiger partial charge in [-0.25, -0.2) is 31.3 Å². The van der Waals surface area contributed by atoms with Crippen molar-refractivity contribution in [1.82, 2.24) is 14.8 Å². The monoisotopic (exact) mass is 423 g/mol. The molecule has 2 aromatic carbocycles. The van der Waals surface area contributed by atoms with Crippen molar-refractivity contribution in [3.05, 3.63) is 60.0 Å². The molecule has 0 fully saturated rings. The molecule has 0 aliphatic carbocycles. The van der Waals surface area contributed by atoms with E-state index >= 15 is 0 Å². The zero-order chi connectivity index (χ0) is 20.1.